The number of benzene rings is 3. The lowest BCUT2D eigenvalue weighted by Crippen LogP contribution is -2.50. The third-order valence-electron chi connectivity index (χ3n) is 5.93. The van der Waals surface area contributed by atoms with Crippen molar-refractivity contribution in [3.63, 3.8) is 0 Å². The lowest BCUT2D eigenvalue weighted by atomic mass is 10.1. The maximum absolute atomic E-state index is 13.8. The van der Waals surface area contributed by atoms with Crippen LogP contribution in [0.2, 0.25) is 0 Å². The minimum absolute atomic E-state index is 0.00208. The lowest BCUT2D eigenvalue weighted by molar-refractivity contribution is -0.139. The summed E-state index contributed by atoms with van der Waals surface area (Å²) in [6.07, 6.45) is 1.89. The highest BCUT2D eigenvalue weighted by molar-refractivity contribution is 7.98. The van der Waals surface area contributed by atoms with Gasteiger partial charge in [-0.1, -0.05) is 29.8 Å². The molecule has 1 N–H and O–H groups in total. The van der Waals surface area contributed by atoms with Crippen molar-refractivity contribution in [1.29, 1.82) is 0 Å². The minimum atomic E-state index is -4.12. The fourth-order valence-electron chi connectivity index (χ4n) is 3.69. The SMILES string of the molecule is CNC(=O)[C@H](C)N(Cc1ccc(F)cc1)C(=O)CN(c1ccc(C)cc1)S(=O)(=O)c1ccc(SC)cc1. The molecule has 3 aromatic rings. The number of carbonyl (C=O) groups is 2. The van der Waals surface area contributed by atoms with Gasteiger partial charge in [-0.15, -0.1) is 11.8 Å². The van der Waals surface area contributed by atoms with Crippen molar-refractivity contribution in [3.05, 3.63) is 89.7 Å². The number of hydrogen-bond donors (Lipinski definition) is 1. The summed E-state index contributed by atoms with van der Waals surface area (Å²) in [5, 5.41) is 2.53. The molecule has 196 valence electrons. The van der Waals surface area contributed by atoms with Crippen LogP contribution in [0.4, 0.5) is 10.1 Å². The van der Waals surface area contributed by atoms with E-state index in [9.17, 15) is 22.4 Å². The lowest BCUT2D eigenvalue weighted by Gasteiger charge is -2.31. The summed E-state index contributed by atoms with van der Waals surface area (Å²) in [4.78, 5) is 28.4. The molecule has 3 aromatic carbocycles. The Kier molecular flexibility index (Phi) is 9.34. The van der Waals surface area contributed by atoms with E-state index in [1.54, 1.807) is 43.3 Å². The van der Waals surface area contributed by atoms with Crippen molar-refractivity contribution in [3.8, 4) is 0 Å². The van der Waals surface area contributed by atoms with Gasteiger partial charge in [0.2, 0.25) is 11.8 Å². The monoisotopic (exact) mass is 543 g/mol. The van der Waals surface area contributed by atoms with E-state index in [1.165, 1.54) is 60.1 Å². The molecule has 0 bridgehead atoms. The van der Waals surface area contributed by atoms with Crippen molar-refractivity contribution in [1.82, 2.24) is 10.2 Å². The molecule has 0 radical (unpaired) electrons. The number of thioether (sulfide) groups is 1. The van der Waals surface area contributed by atoms with Crippen LogP contribution in [0, 0.1) is 12.7 Å². The van der Waals surface area contributed by atoms with Crippen molar-refractivity contribution in [2.45, 2.75) is 36.2 Å². The van der Waals surface area contributed by atoms with E-state index in [2.05, 4.69) is 5.32 Å². The molecule has 0 unspecified atom stereocenters. The first-order valence-corrected chi connectivity index (χ1v) is 14.2. The first kappa shape index (κ1) is 28.2. The maximum Gasteiger partial charge on any atom is 0.264 e. The van der Waals surface area contributed by atoms with Gasteiger partial charge >= 0.3 is 0 Å². The molecule has 0 aliphatic heterocycles. The number of amides is 2. The molecular weight excluding hydrogens is 513 g/mol. The van der Waals surface area contributed by atoms with Crippen LogP contribution in [-0.2, 0) is 26.2 Å². The van der Waals surface area contributed by atoms with Crippen LogP contribution in [0.5, 0.6) is 0 Å². The average Bonchev–Trinajstić information content (AvgIpc) is 2.91. The summed E-state index contributed by atoms with van der Waals surface area (Å²) in [5.74, 6) is -1.41. The predicted molar refractivity (Wildman–Crippen MR) is 144 cm³/mol. The van der Waals surface area contributed by atoms with Gasteiger partial charge in [0.1, 0.15) is 18.4 Å². The fraction of sp³-hybridized carbons (Fsp3) is 0.259. The van der Waals surface area contributed by atoms with Gasteiger partial charge in [-0.25, -0.2) is 12.8 Å². The van der Waals surface area contributed by atoms with E-state index < -0.39 is 40.2 Å². The Morgan fingerprint density at radius 3 is 2.11 bits per heavy atom. The van der Waals surface area contributed by atoms with Crippen LogP contribution in [0.3, 0.4) is 0 Å². The molecule has 7 nitrogen and oxygen atoms in total. The number of nitrogens with zero attached hydrogens (tertiary/aromatic N) is 2. The van der Waals surface area contributed by atoms with E-state index in [-0.39, 0.29) is 11.4 Å². The van der Waals surface area contributed by atoms with Crippen LogP contribution in [0.25, 0.3) is 0 Å². The quantitative estimate of drug-likeness (QED) is 0.387. The highest BCUT2D eigenvalue weighted by atomic mass is 32.2. The van der Waals surface area contributed by atoms with E-state index in [0.717, 1.165) is 14.8 Å². The van der Waals surface area contributed by atoms with Gasteiger partial charge in [-0.05, 0) is 74.2 Å². The summed E-state index contributed by atoms with van der Waals surface area (Å²) in [5.41, 5.74) is 1.85. The molecule has 0 spiro atoms. The van der Waals surface area contributed by atoms with Gasteiger partial charge in [0.15, 0.2) is 0 Å². The van der Waals surface area contributed by atoms with Crippen LogP contribution in [0.15, 0.2) is 82.6 Å². The van der Waals surface area contributed by atoms with E-state index in [0.29, 0.717) is 11.3 Å². The molecule has 0 fully saturated rings. The molecule has 0 heterocycles. The highest BCUT2D eigenvalue weighted by Crippen LogP contribution is 2.26. The molecule has 10 heteroatoms. The molecule has 0 saturated carbocycles. The van der Waals surface area contributed by atoms with Gasteiger partial charge in [-0.2, -0.15) is 0 Å². The first-order chi connectivity index (χ1) is 17.6. The Morgan fingerprint density at radius 1 is 0.973 bits per heavy atom. The third kappa shape index (κ3) is 6.90. The van der Waals surface area contributed by atoms with Gasteiger partial charge < -0.3 is 10.2 Å². The van der Waals surface area contributed by atoms with Crippen LogP contribution in [0.1, 0.15) is 18.1 Å². The molecule has 37 heavy (non-hydrogen) atoms. The number of carbonyl (C=O) groups excluding carboxylic acids is 2. The molecule has 0 aromatic heterocycles. The van der Waals surface area contributed by atoms with Crippen LogP contribution >= 0.6 is 11.8 Å². The van der Waals surface area contributed by atoms with Gasteiger partial charge in [0.25, 0.3) is 10.0 Å². The van der Waals surface area contributed by atoms with Crippen molar-refractivity contribution < 1.29 is 22.4 Å². The number of anilines is 1. The van der Waals surface area contributed by atoms with Gasteiger partial charge in [0, 0.05) is 18.5 Å². The highest BCUT2D eigenvalue weighted by Gasteiger charge is 2.32. The fourth-order valence-corrected chi connectivity index (χ4v) is 5.52. The van der Waals surface area contributed by atoms with E-state index in [1.807, 2.05) is 13.2 Å². The summed E-state index contributed by atoms with van der Waals surface area (Å²) in [6, 6.07) is 17.9. The smallest absolute Gasteiger partial charge is 0.264 e. The number of rotatable bonds is 10. The van der Waals surface area contributed by atoms with Gasteiger partial charge in [0.05, 0.1) is 10.6 Å². The summed E-state index contributed by atoms with van der Waals surface area (Å²) in [6.45, 7) is 2.91. The number of sulfonamides is 1. The molecule has 0 aliphatic rings. The summed E-state index contributed by atoms with van der Waals surface area (Å²) in [7, 11) is -2.67. The molecule has 3 rings (SSSR count). The van der Waals surface area contributed by atoms with Crippen molar-refractivity contribution in [2.24, 2.45) is 0 Å². The maximum atomic E-state index is 13.8. The van der Waals surface area contributed by atoms with Crippen molar-refractivity contribution >= 4 is 39.3 Å². The normalized spacial score (nSPS) is 12.0. The second-order valence-corrected chi connectivity index (χ2v) is 11.2. The zero-order chi connectivity index (χ0) is 27.2. The first-order valence-electron chi connectivity index (χ1n) is 11.6. The zero-order valence-electron chi connectivity index (χ0n) is 21.1. The summed E-state index contributed by atoms with van der Waals surface area (Å²) >= 11 is 1.49. The van der Waals surface area contributed by atoms with Gasteiger partial charge in [-0.3, -0.25) is 13.9 Å². The average molecular weight is 544 g/mol. The number of aryl methyl sites for hydroxylation is 1. The predicted octanol–water partition coefficient (Wildman–Crippen LogP) is 4.21. The second kappa shape index (κ2) is 12.2. The zero-order valence-corrected chi connectivity index (χ0v) is 22.8. The molecular formula is C27H30FN3O4S2. The van der Waals surface area contributed by atoms with Crippen molar-refractivity contribution in [2.75, 3.05) is 24.2 Å². The van der Waals surface area contributed by atoms with E-state index in [4.69, 9.17) is 0 Å². The Morgan fingerprint density at radius 2 is 1.57 bits per heavy atom. The molecule has 0 saturated heterocycles. The molecule has 1 atom stereocenters. The van der Waals surface area contributed by atoms with Crippen LogP contribution in [-0.4, -0.2) is 51.0 Å². The number of nitrogens with one attached hydrogen (secondary N) is 1. The Labute approximate surface area is 221 Å². The Balaban J connectivity index is 2.01. The summed E-state index contributed by atoms with van der Waals surface area (Å²) < 4.78 is 42.0. The van der Waals surface area contributed by atoms with E-state index >= 15 is 0 Å². The Bertz CT molecular complexity index is 1330. The molecule has 2 amide bonds. The molecule has 0 aliphatic carbocycles. The Hall–Kier alpha value is -3.37. The number of likely N-dealkylation sites (N-methyl/N-ethyl adjacent to an activating group) is 1. The number of halogens is 1. The largest absolute Gasteiger partial charge is 0.357 e. The topological polar surface area (TPSA) is 86.8 Å². The van der Waals surface area contributed by atoms with Crippen LogP contribution < -0.4 is 9.62 Å². The second-order valence-electron chi connectivity index (χ2n) is 8.46. The third-order valence-corrected chi connectivity index (χ3v) is 8.46. The standard InChI is InChI=1S/C27H30FN3O4S2/c1-19-5-11-23(12-6-19)31(37(34,35)25-15-13-24(36-4)14-16-25)18-26(32)30(20(2)27(33)29-3)17-21-7-9-22(28)10-8-21/h5-16,20H,17-18H2,1-4H3,(H,29,33)/t20-/m0/s1. The minimum Gasteiger partial charge on any atom is -0.357 e. The number of hydrogen-bond acceptors (Lipinski definition) is 5.